The molecule has 2 N–H and O–H groups in total. The molecule has 5 aromatic rings. The number of nitrogens with zero attached hydrogens (tertiary/aromatic N) is 2. The Morgan fingerprint density at radius 3 is 2.42 bits per heavy atom. The van der Waals surface area contributed by atoms with Gasteiger partial charge in [0.25, 0.3) is 0 Å². The molecule has 2 aromatic heterocycles. The zero-order chi connectivity index (χ0) is 24.5. The summed E-state index contributed by atoms with van der Waals surface area (Å²) >= 11 is 0. The van der Waals surface area contributed by atoms with Crippen LogP contribution in [0.15, 0.2) is 82.1 Å². The van der Waals surface area contributed by atoms with E-state index < -0.39 is 11.7 Å². The molecule has 7 heteroatoms. The number of aromatic nitrogens is 4. The van der Waals surface area contributed by atoms with Gasteiger partial charge in [-0.1, -0.05) is 78.3 Å². The largest absolute Gasteiger partial charge is 0.439 e. The lowest BCUT2D eigenvalue weighted by Crippen LogP contribution is -2.15. The highest BCUT2D eigenvalue weighted by atomic mass is 19.1. The number of rotatable bonds is 6. The van der Waals surface area contributed by atoms with Crippen molar-refractivity contribution in [2.45, 2.75) is 19.3 Å². The van der Waals surface area contributed by atoms with E-state index >= 15 is 0 Å². The first kappa shape index (κ1) is 22.0. The van der Waals surface area contributed by atoms with Crippen LogP contribution in [-0.4, -0.2) is 20.3 Å². The predicted octanol–water partition coefficient (Wildman–Crippen LogP) is 6.31. The van der Waals surface area contributed by atoms with Crippen molar-refractivity contribution in [2.75, 3.05) is 0 Å². The van der Waals surface area contributed by atoms with Gasteiger partial charge in [-0.25, -0.2) is 4.79 Å². The summed E-state index contributed by atoms with van der Waals surface area (Å²) in [4.78, 5) is 13.7. The number of fused-ring (bicyclic) bond motifs is 1. The van der Waals surface area contributed by atoms with Gasteiger partial charge in [0.15, 0.2) is 5.82 Å². The molecule has 0 spiro atoms. The van der Waals surface area contributed by atoms with Crippen molar-refractivity contribution in [2.24, 2.45) is 5.92 Å². The molecule has 1 aliphatic carbocycles. The minimum atomic E-state index is -0.588. The van der Waals surface area contributed by atoms with Crippen LogP contribution in [-0.2, 0) is 0 Å². The van der Waals surface area contributed by atoms with Gasteiger partial charge in [0.2, 0.25) is 5.95 Å². The van der Waals surface area contributed by atoms with E-state index in [-0.39, 0.29) is 0 Å². The topological polar surface area (TPSA) is 87.6 Å². The summed E-state index contributed by atoms with van der Waals surface area (Å²) in [6.07, 6.45) is 7.02. The van der Waals surface area contributed by atoms with Gasteiger partial charge in [0, 0.05) is 0 Å². The molecule has 178 valence electrons. The number of benzene rings is 3. The maximum Gasteiger partial charge on any atom is 0.439 e. The first-order valence-corrected chi connectivity index (χ1v) is 11.9. The van der Waals surface area contributed by atoms with Gasteiger partial charge in [-0.05, 0) is 70.4 Å². The first-order chi connectivity index (χ1) is 17.7. The van der Waals surface area contributed by atoms with Gasteiger partial charge in [0.05, 0.1) is 10.9 Å². The van der Waals surface area contributed by atoms with E-state index in [4.69, 9.17) is 0 Å². The van der Waals surface area contributed by atoms with Crippen molar-refractivity contribution >= 4 is 34.2 Å². The van der Waals surface area contributed by atoms with E-state index in [9.17, 15) is 9.18 Å². The van der Waals surface area contributed by atoms with Gasteiger partial charge in [-0.3, -0.25) is 14.6 Å². The minimum absolute atomic E-state index is 0.358. The molecule has 6 rings (SSSR count). The summed E-state index contributed by atoms with van der Waals surface area (Å²) in [5, 5.41) is 10.6. The molecule has 1 fully saturated rings. The molecule has 3 aromatic carbocycles. The average Bonchev–Trinajstić information content (AvgIpc) is 3.47. The SMILES string of the molecule is O=c1[nH]c(/C=C/c2ccc(C(=C(c3ccccc3)C3CCC3)c3ccc4n[nH]c(F)c4c3)cc2)no1. The van der Waals surface area contributed by atoms with Crippen LogP contribution in [0.25, 0.3) is 34.2 Å². The molecule has 36 heavy (non-hydrogen) atoms. The Labute approximate surface area is 206 Å². The van der Waals surface area contributed by atoms with E-state index in [0.717, 1.165) is 35.1 Å². The van der Waals surface area contributed by atoms with E-state index in [2.05, 4.69) is 61.3 Å². The summed E-state index contributed by atoms with van der Waals surface area (Å²) in [6.45, 7) is 0. The molecule has 0 saturated heterocycles. The van der Waals surface area contributed by atoms with Crippen LogP contribution < -0.4 is 5.76 Å². The zero-order valence-electron chi connectivity index (χ0n) is 19.4. The van der Waals surface area contributed by atoms with Gasteiger partial charge in [0.1, 0.15) is 0 Å². The fraction of sp³-hybridized carbons (Fsp3) is 0.138. The molecule has 6 nitrogen and oxygen atoms in total. The first-order valence-electron chi connectivity index (χ1n) is 11.9. The Bertz CT molecular complexity index is 1640. The monoisotopic (exact) mass is 478 g/mol. The lowest BCUT2D eigenvalue weighted by molar-refractivity contribution is 0.385. The lowest BCUT2D eigenvalue weighted by atomic mass is 9.73. The van der Waals surface area contributed by atoms with E-state index in [0.29, 0.717) is 22.6 Å². The number of hydrogen-bond acceptors (Lipinski definition) is 4. The summed E-state index contributed by atoms with van der Waals surface area (Å²) in [5.41, 5.74) is 7.13. The maximum absolute atomic E-state index is 14.5. The summed E-state index contributed by atoms with van der Waals surface area (Å²) < 4.78 is 19.0. The fourth-order valence-corrected chi connectivity index (χ4v) is 4.76. The fourth-order valence-electron chi connectivity index (χ4n) is 4.76. The Balaban J connectivity index is 1.50. The molecule has 0 atom stereocenters. The van der Waals surface area contributed by atoms with Crippen molar-refractivity contribution in [1.82, 2.24) is 20.3 Å². The van der Waals surface area contributed by atoms with Crippen LogP contribution in [0.4, 0.5) is 4.39 Å². The molecular weight excluding hydrogens is 455 g/mol. The molecule has 1 saturated carbocycles. The summed E-state index contributed by atoms with van der Waals surface area (Å²) in [6, 6.07) is 24.4. The second kappa shape index (κ2) is 9.26. The normalized spacial score (nSPS) is 14.8. The second-order valence-electron chi connectivity index (χ2n) is 8.99. The maximum atomic E-state index is 14.5. The van der Waals surface area contributed by atoms with Crippen molar-refractivity contribution in [3.8, 4) is 0 Å². The quantitative estimate of drug-likeness (QED) is 0.280. The zero-order valence-corrected chi connectivity index (χ0v) is 19.4. The third-order valence-corrected chi connectivity index (χ3v) is 6.75. The lowest BCUT2D eigenvalue weighted by Gasteiger charge is -2.31. The van der Waals surface area contributed by atoms with E-state index in [1.54, 1.807) is 6.08 Å². The Morgan fingerprint density at radius 2 is 1.72 bits per heavy atom. The smallest absolute Gasteiger partial charge is 0.296 e. The predicted molar refractivity (Wildman–Crippen MR) is 138 cm³/mol. The third-order valence-electron chi connectivity index (χ3n) is 6.75. The Hall–Kier alpha value is -4.52. The van der Waals surface area contributed by atoms with Crippen LogP contribution in [0, 0.1) is 11.9 Å². The van der Waals surface area contributed by atoms with Gasteiger partial charge in [-0.15, -0.1) is 0 Å². The van der Waals surface area contributed by atoms with Crippen LogP contribution in [0.3, 0.4) is 0 Å². The van der Waals surface area contributed by atoms with Crippen molar-refractivity contribution in [1.29, 1.82) is 0 Å². The average molecular weight is 479 g/mol. The van der Waals surface area contributed by atoms with Crippen LogP contribution >= 0.6 is 0 Å². The molecule has 0 aliphatic heterocycles. The molecule has 0 bridgehead atoms. The highest BCUT2D eigenvalue weighted by Gasteiger charge is 2.27. The van der Waals surface area contributed by atoms with Gasteiger partial charge >= 0.3 is 5.76 Å². The molecule has 0 radical (unpaired) electrons. The van der Waals surface area contributed by atoms with Crippen molar-refractivity contribution < 1.29 is 8.91 Å². The number of nitrogens with one attached hydrogen (secondary N) is 2. The summed E-state index contributed by atoms with van der Waals surface area (Å²) in [5.74, 6) is -0.218. The number of allylic oxidation sites excluding steroid dienone is 1. The number of aromatic amines is 2. The van der Waals surface area contributed by atoms with Crippen LogP contribution in [0.2, 0.25) is 0 Å². The number of H-pyrrole nitrogens is 2. The second-order valence-corrected chi connectivity index (χ2v) is 8.99. The van der Waals surface area contributed by atoms with Gasteiger partial charge in [-0.2, -0.15) is 9.49 Å². The summed E-state index contributed by atoms with van der Waals surface area (Å²) in [7, 11) is 0. The molecule has 0 unspecified atom stereocenters. The number of halogens is 1. The molecule has 0 amide bonds. The number of hydrogen-bond donors (Lipinski definition) is 2. The molecular formula is C29H23FN4O2. The standard InChI is InChI=1S/C29H23FN4O2/c30-28-23-17-22(14-15-24(23)32-33-28)27(26(20-7-4-8-20)19-5-2-1-3-6-19)21-12-9-18(10-13-21)11-16-25-31-29(35)36-34-25/h1-3,5-6,9-17,20H,4,7-8H2,(H,32,33)(H,31,34,35)/b16-11+,27-26?. The Morgan fingerprint density at radius 1 is 0.944 bits per heavy atom. The van der Waals surface area contributed by atoms with Crippen molar-refractivity contribution in [3.05, 3.63) is 117 Å². The minimum Gasteiger partial charge on any atom is -0.296 e. The van der Waals surface area contributed by atoms with Crippen LogP contribution in [0.5, 0.6) is 0 Å². The van der Waals surface area contributed by atoms with Crippen LogP contribution in [0.1, 0.15) is 47.3 Å². The molecule has 1 aliphatic rings. The van der Waals surface area contributed by atoms with E-state index in [1.165, 1.54) is 17.6 Å². The Kier molecular flexibility index (Phi) is 5.65. The van der Waals surface area contributed by atoms with E-state index in [1.807, 2.05) is 42.5 Å². The van der Waals surface area contributed by atoms with Crippen molar-refractivity contribution in [3.63, 3.8) is 0 Å². The highest BCUT2D eigenvalue weighted by molar-refractivity contribution is 6.01. The molecule has 2 heterocycles. The van der Waals surface area contributed by atoms with Gasteiger partial charge < -0.3 is 0 Å². The third kappa shape index (κ3) is 4.20. The highest BCUT2D eigenvalue weighted by Crippen LogP contribution is 2.45.